The topological polar surface area (TPSA) is 75.2 Å². The third kappa shape index (κ3) is 5.55. The Labute approximate surface area is 215 Å². The van der Waals surface area contributed by atoms with Crippen LogP contribution >= 0.6 is 15.9 Å². The molecular weight excluding hydrogens is 512 g/mol. The van der Waals surface area contributed by atoms with Crippen molar-refractivity contribution in [3.05, 3.63) is 52.1 Å². The molecule has 35 heavy (non-hydrogen) atoms. The van der Waals surface area contributed by atoms with Crippen LogP contribution in [0.5, 0.6) is 0 Å². The number of piperazine rings is 1. The van der Waals surface area contributed by atoms with Crippen LogP contribution in [-0.4, -0.2) is 59.4 Å². The number of amides is 2. The zero-order valence-electron chi connectivity index (χ0n) is 21.0. The minimum Gasteiger partial charge on any atom is -0.445 e. The molecule has 4 rings (SSSR count). The molecule has 3 heterocycles. The van der Waals surface area contributed by atoms with E-state index < -0.39 is 11.1 Å². The fourth-order valence-corrected chi connectivity index (χ4v) is 5.21. The molecule has 2 aliphatic rings. The summed E-state index contributed by atoms with van der Waals surface area (Å²) < 4.78 is 12.1. The number of ether oxygens (including phenoxy) is 2. The normalized spacial score (nSPS) is 17.3. The van der Waals surface area contributed by atoms with Crippen LogP contribution in [-0.2, 0) is 22.5 Å². The molecule has 2 aliphatic heterocycles. The Bertz CT molecular complexity index is 1100. The highest BCUT2D eigenvalue weighted by Gasteiger charge is 2.40. The molecular formula is C26H33BrN4O4. The second-order valence-electron chi connectivity index (χ2n) is 10.6. The van der Waals surface area contributed by atoms with Crippen molar-refractivity contribution in [2.45, 2.75) is 58.8 Å². The third-order valence-electron chi connectivity index (χ3n) is 6.18. The second-order valence-corrected chi connectivity index (χ2v) is 11.4. The van der Waals surface area contributed by atoms with Gasteiger partial charge in [0.25, 0.3) is 0 Å². The van der Waals surface area contributed by atoms with E-state index in [4.69, 9.17) is 9.47 Å². The van der Waals surface area contributed by atoms with E-state index >= 15 is 0 Å². The molecule has 1 aromatic heterocycles. The molecule has 0 unspecified atom stereocenters. The number of hydrogen-bond donors (Lipinski definition) is 0. The molecule has 0 spiro atoms. The third-order valence-corrected chi connectivity index (χ3v) is 6.76. The van der Waals surface area contributed by atoms with Crippen molar-refractivity contribution >= 4 is 39.6 Å². The first-order valence-electron chi connectivity index (χ1n) is 11.9. The monoisotopic (exact) mass is 544 g/mol. The molecule has 1 fully saturated rings. The Morgan fingerprint density at radius 2 is 1.80 bits per heavy atom. The summed E-state index contributed by atoms with van der Waals surface area (Å²) in [4.78, 5) is 35.9. The predicted octanol–water partition coefficient (Wildman–Crippen LogP) is 5.38. The van der Waals surface area contributed by atoms with E-state index in [2.05, 4.69) is 25.8 Å². The van der Waals surface area contributed by atoms with Gasteiger partial charge in [0, 0.05) is 37.9 Å². The summed E-state index contributed by atoms with van der Waals surface area (Å²) in [6.45, 7) is 12.2. The molecule has 0 bridgehead atoms. The highest BCUT2D eigenvalue weighted by atomic mass is 79.9. The predicted molar refractivity (Wildman–Crippen MR) is 139 cm³/mol. The van der Waals surface area contributed by atoms with Crippen molar-refractivity contribution in [1.82, 2.24) is 9.88 Å². The van der Waals surface area contributed by atoms with E-state index in [0.29, 0.717) is 38.4 Å². The lowest BCUT2D eigenvalue weighted by molar-refractivity contribution is 0.0513. The van der Waals surface area contributed by atoms with Gasteiger partial charge in [0.05, 0.1) is 15.7 Å². The summed E-state index contributed by atoms with van der Waals surface area (Å²) in [5.41, 5.74) is 1.97. The summed E-state index contributed by atoms with van der Waals surface area (Å²) >= 11 is 3.68. The number of halogens is 1. The lowest BCUT2D eigenvalue weighted by Crippen LogP contribution is -2.61. The van der Waals surface area contributed by atoms with Gasteiger partial charge in [-0.2, -0.15) is 0 Å². The molecule has 9 heteroatoms. The first kappa shape index (κ1) is 25.3. The molecule has 188 valence electrons. The highest BCUT2D eigenvalue weighted by molar-refractivity contribution is 9.10. The summed E-state index contributed by atoms with van der Waals surface area (Å²) in [6, 6.07) is 9.69. The summed E-state index contributed by atoms with van der Waals surface area (Å²) in [5, 5.41) is 0. The molecule has 0 atom stereocenters. The van der Waals surface area contributed by atoms with Gasteiger partial charge in [0.1, 0.15) is 18.0 Å². The number of benzene rings is 1. The van der Waals surface area contributed by atoms with Crippen LogP contribution < -0.4 is 9.80 Å². The van der Waals surface area contributed by atoms with E-state index in [9.17, 15) is 9.59 Å². The standard InChI is InChI=1S/C26H33BrN4O4/c1-25(2,3)35-23(32)30-12-11-19-21(20(27)15-28-22(19)30)29-13-14-31(26(4,5)17-29)24(33)34-16-18-9-7-6-8-10-18/h6-10,15H,11-14,16-17H2,1-5H3. The number of pyridine rings is 1. The van der Waals surface area contributed by atoms with Gasteiger partial charge in [-0.3, -0.25) is 9.80 Å². The lowest BCUT2D eigenvalue weighted by Gasteiger charge is -2.47. The maximum atomic E-state index is 12.9. The molecule has 1 saturated heterocycles. The number of carbonyl (C=O) groups is 2. The second kappa shape index (κ2) is 9.68. The lowest BCUT2D eigenvalue weighted by atomic mass is 9.98. The number of aromatic nitrogens is 1. The van der Waals surface area contributed by atoms with Crippen molar-refractivity contribution in [2.75, 3.05) is 36.0 Å². The van der Waals surface area contributed by atoms with Gasteiger partial charge in [-0.1, -0.05) is 30.3 Å². The summed E-state index contributed by atoms with van der Waals surface area (Å²) in [5.74, 6) is 0.639. The molecule has 1 aromatic carbocycles. The average Bonchev–Trinajstić information content (AvgIpc) is 3.20. The van der Waals surface area contributed by atoms with Gasteiger partial charge in [-0.15, -0.1) is 0 Å². The van der Waals surface area contributed by atoms with Crippen LogP contribution in [0.25, 0.3) is 0 Å². The molecule has 0 aliphatic carbocycles. The summed E-state index contributed by atoms with van der Waals surface area (Å²) in [6.07, 6.45) is 1.73. The Morgan fingerprint density at radius 1 is 1.09 bits per heavy atom. The zero-order valence-corrected chi connectivity index (χ0v) is 22.6. The fourth-order valence-electron chi connectivity index (χ4n) is 4.62. The smallest absolute Gasteiger partial charge is 0.416 e. The molecule has 8 nitrogen and oxygen atoms in total. The molecule has 2 aromatic rings. The average molecular weight is 545 g/mol. The SMILES string of the molecule is CC(C)(C)OC(=O)N1CCc2c1ncc(Br)c2N1CCN(C(=O)OCc2ccccc2)C(C)(C)C1. The van der Waals surface area contributed by atoms with Crippen molar-refractivity contribution in [3.8, 4) is 0 Å². The highest BCUT2D eigenvalue weighted by Crippen LogP contribution is 2.41. The number of fused-ring (bicyclic) bond motifs is 1. The maximum absolute atomic E-state index is 12.9. The van der Waals surface area contributed by atoms with Crippen molar-refractivity contribution < 1.29 is 19.1 Å². The number of rotatable bonds is 3. The number of hydrogen-bond acceptors (Lipinski definition) is 6. The van der Waals surface area contributed by atoms with Gasteiger partial charge in [-0.05, 0) is 62.5 Å². The Kier molecular flexibility index (Phi) is 6.99. The van der Waals surface area contributed by atoms with E-state index in [1.807, 2.05) is 65.0 Å². The molecule has 0 saturated carbocycles. The minimum absolute atomic E-state index is 0.250. The molecule has 2 amide bonds. The Balaban J connectivity index is 1.49. The van der Waals surface area contributed by atoms with Crippen LogP contribution in [0.15, 0.2) is 41.0 Å². The van der Waals surface area contributed by atoms with Gasteiger partial charge >= 0.3 is 12.2 Å². The van der Waals surface area contributed by atoms with Crippen LogP contribution in [0.1, 0.15) is 45.7 Å². The van der Waals surface area contributed by atoms with E-state index in [-0.39, 0.29) is 18.8 Å². The van der Waals surface area contributed by atoms with Crippen molar-refractivity contribution in [2.24, 2.45) is 0 Å². The van der Waals surface area contributed by atoms with Crippen LogP contribution in [0, 0.1) is 0 Å². The van der Waals surface area contributed by atoms with Gasteiger partial charge in [-0.25, -0.2) is 14.6 Å². The van der Waals surface area contributed by atoms with Crippen LogP contribution in [0.4, 0.5) is 21.1 Å². The van der Waals surface area contributed by atoms with Crippen LogP contribution in [0.2, 0.25) is 0 Å². The van der Waals surface area contributed by atoms with Gasteiger partial charge in [0.15, 0.2) is 0 Å². The first-order chi connectivity index (χ1) is 16.5. The number of anilines is 2. The van der Waals surface area contributed by atoms with E-state index in [0.717, 1.165) is 21.3 Å². The number of carbonyl (C=O) groups excluding carboxylic acids is 2. The maximum Gasteiger partial charge on any atom is 0.416 e. The van der Waals surface area contributed by atoms with Gasteiger partial charge in [0.2, 0.25) is 0 Å². The van der Waals surface area contributed by atoms with Gasteiger partial charge < -0.3 is 14.4 Å². The van der Waals surface area contributed by atoms with Crippen LogP contribution in [0.3, 0.4) is 0 Å². The Morgan fingerprint density at radius 3 is 2.46 bits per heavy atom. The fraction of sp³-hybridized carbons (Fsp3) is 0.500. The molecule has 0 N–H and O–H groups in total. The van der Waals surface area contributed by atoms with E-state index in [1.165, 1.54) is 0 Å². The Hall–Kier alpha value is -2.81. The quantitative estimate of drug-likeness (QED) is 0.516. The first-order valence-corrected chi connectivity index (χ1v) is 12.7. The van der Waals surface area contributed by atoms with Crippen molar-refractivity contribution in [3.63, 3.8) is 0 Å². The minimum atomic E-state index is -0.576. The van der Waals surface area contributed by atoms with Crippen molar-refractivity contribution in [1.29, 1.82) is 0 Å². The molecule has 0 radical (unpaired) electrons. The van der Waals surface area contributed by atoms with E-state index in [1.54, 1.807) is 16.0 Å². The number of nitrogens with zero attached hydrogens (tertiary/aromatic N) is 4. The zero-order chi connectivity index (χ0) is 25.4. The summed E-state index contributed by atoms with van der Waals surface area (Å²) in [7, 11) is 0. The largest absolute Gasteiger partial charge is 0.445 e.